The van der Waals surface area contributed by atoms with Crippen LogP contribution in [0.1, 0.15) is 11.1 Å². The van der Waals surface area contributed by atoms with Gasteiger partial charge >= 0.3 is 17.9 Å². The summed E-state index contributed by atoms with van der Waals surface area (Å²) in [5.41, 5.74) is -2.27. The zero-order chi connectivity index (χ0) is 26.9. The third kappa shape index (κ3) is 5.28. The number of ether oxygens (including phenoxy) is 1. The molecule has 1 fully saturated rings. The highest BCUT2D eigenvalue weighted by atomic mass is 35.5. The summed E-state index contributed by atoms with van der Waals surface area (Å²) in [4.78, 5) is 48.8. The van der Waals surface area contributed by atoms with Crippen molar-refractivity contribution in [2.45, 2.75) is 6.18 Å². The second-order valence-electron chi connectivity index (χ2n) is 7.52. The number of rotatable bonds is 5. The number of anilines is 1. The molecule has 4 amide bonds. The SMILES string of the molecule is O=C1NC(=O)N(c2ccccc2Cl)C(=O)/C1=C\c1cccc(Oc2ccc(C(F)(F)F)cc2[N+](=O)[O-])c1. The highest BCUT2D eigenvalue weighted by Crippen LogP contribution is 2.38. The van der Waals surface area contributed by atoms with Crippen molar-refractivity contribution < 1.29 is 37.2 Å². The normalized spacial score (nSPS) is 15.1. The fourth-order valence-electron chi connectivity index (χ4n) is 3.39. The number of urea groups is 1. The van der Waals surface area contributed by atoms with E-state index in [9.17, 15) is 37.7 Å². The maximum atomic E-state index is 13.0. The molecule has 188 valence electrons. The molecule has 0 atom stereocenters. The number of benzene rings is 3. The van der Waals surface area contributed by atoms with Crippen molar-refractivity contribution in [1.29, 1.82) is 0 Å². The van der Waals surface area contributed by atoms with Crippen molar-refractivity contribution in [3.63, 3.8) is 0 Å². The number of nitrogens with one attached hydrogen (secondary N) is 1. The second-order valence-corrected chi connectivity index (χ2v) is 7.93. The van der Waals surface area contributed by atoms with Gasteiger partial charge in [0.25, 0.3) is 11.8 Å². The van der Waals surface area contributed by atoms with Crippen LogP contribution in [-0.2, 0) is 15.8 Å². The Morgan fingerprint density at radius 2 is 1.73 bits per heavy atom. The molecule has 1 heterocycles. The van der Waals surface area contributed by atoms with Gasteiger partial charge in [-0.2, -0.15) is 13.2 Å². The summed E-state index contributed by atoms with van der Waals surface area (Å²) in [5.74, 6) is -2.40. The van der Waals surface area contributed by atoms with Crippen LogP contribution < -0.4 is 15.0 Å². The summed E-state index contributed by atoms with van der Waals surface area (Å²) in [5, 5.41) is 13.5. The molecule has 0 aromatic heterocycles. The Morgan fingerprint density at radius 3 is 2.41 bits per heavy atom. The van der Waals surface area contributed by atoms with Crippen molar-refractivity contribution >= 4 is 46.9 Å². The van der Waals surface area contributed by atoms with E-state index in [2.05, 4.69) is 0 Å². The lowest BCUT2D eigenvalue weighted by atomic mass is 10.1. The van der Waals surface area contributed by atoms with Crippen molar-refractivity contribution in [3.05, 3.63) is 98.6 Å². The third-order valence-corrected chi connectivity index (χ3v) is 5.39. The average Bonchev–Trinajstić information content (AvgIpc) is 2.82. The van der Waals surface area contributed by atoms with E-state index >= 15 is 0 Å². The Kier molecular flexibility index (Phi) is 6.68. The van der Waals surface area contributed by atoms with Gasteiger partial charge in [0.15, 0.2) is 0 Å². The summed E-state index contributed by atoms with van der Waals surface area (Å²) in [6.45, 7) is 0. The van der Waals surface area contributed by atoms with Gasteiger partial charge in [-0.25, -0.2) is 9.69 Å². The summed E-state index contributed by atoms with van der Waals surface area (Å²) in [6.07, 6.45) is -3.64. The predicted octanol–water partition coefficient (Wildman–Crippen LogP) is 5.73. The van der Waals surface area contributed by atoms with Gasteiger partial charge in [-0.05, 0) is 48.0 Å². The zero-order valence-electron chi connectivity index (χ0n) is 18.3. The van der Waals surface area contributed by atoms with Gasteiger partial charge in [0, 0.05) is 6.07 Å². The first-order valence-corrected chi connectivity index (χ1v) is 10.6. The average molecular weight is 532 g/mol. The van der Waals surface area contributed by atoms with Crippen LogP contribution in [0, 0.1) is 10.1 Å². The number of nitro groups is 1. The van der Waals surface area contributed by atoms with Crippen LogP contribution >= 0.6 is 11.6 Å². The number of amides is 4. The van der Waals surface area contributed by atoms with Gasteiger partial charge < -0.3 is 4.74 Å². The maximum absolute atomic E-state index is 13.0. The summed E-state index contributed by atoms with van der Waals surface area (Å²) in [6, 6.07) is 12.4. The van der Waals surface area contributed by atoms with E-state index < -0.39 is 51.5 Å². The second kappa shape index (κ2) is 9.74. The van der Waals surface area contributed by atoms with Gasteiger partial charge in [-0.15, -0.1) is 0 Å². The van der Waals surface area contributed by atoms with Crippen LogP contribution in [0.2, 0.25) is 5.02 Å². The third-order valence-electron chi connectivity index (χ3n) is 5.07. The van der Waals surface area contributed by atoms with Gasteiger partial charge in [0.1, 0.15) is 11.3 Å². The molecule has 9 nitrogen and oxygen atoms in total. The molecular formula is C24H13ClF3N3O6. The Balaban J connectivity index is 1.66. The number of carbonyl (C=O) groups is 3. The number of nitro benzene ring substituents is 1. The molecule has 0 aliphatic carbocycles. The lowest BCUT2D eigenvalue weighted by molar-refractivity contribution is -0.385. The Bertz CT molecular complexity index is 1490. The Hall–Kier alpha value is -4.71. The first kappa shape index (κ1) is 25.4. The molecule has 1 N–H and O–H groups in total. The Morgan fingerprint density at radius 1 is 1.00 bits per heavy atom. The fourth-order valence-corrected chi connectivity index (χ4v) is 3.61. The van der Waals surface area contributed by atoms with Crippen molar-refractivity contribution in [2.24, 2.45) is 0 Å². The van der Waals surface area contributed by atoms with Gasteiger partial charge in [-0.1, -0.05) is 35.9 Å². The molecule has 3 aromatic carbocycles. The van der Waals surface area contributed by atoms with Crippen LogP contribution in [-0.4, -0.2) is 22.8 Å². The van der Waals surface area contributed by atoms with Crippen LogP contribution in [0.4, 0.5) is 29.3 Å². The number of nitrogens with zero attached hydrogens (tertiary/aromatic N) is 2. The predicted molar refractivity (Wildman–Crippen MR) is 125 cm³/mol. The van der Waals surface area contributed by atoms with Crippen molar-refractivity contribution in [1.82, 2.24) is 5.32 Å². The number of hydrogen-bond donors (Lipinski definition) is 1. The maximum Gasteiger partial charge on any atom is 0.416 e. The van der Waals surface area contributed by atoms with Crippen LogP contribution in [0.5, 0.6) is 11.5 Å². The van der Waals surface area contributed by atoms with Gasteiger partial charge in [0.2, 0.25) is 5.75 Å². The van der Waals surface area contributed by atoms with E-state index in [1.807, 2.05) is 5.32 Å². The van der Waals surface area contributed by atoms with Crippen molar-refractivity contribution in [3.8, 4) is 11.5 Å². The number of imide groups is 2. The Labute approximate surface area is 210 Å². The molecule has 1 aliphatic rings. The lowest BCUT2D eigenvalue weighted by Crippen LogP contribution is -2.54. The molecule has 0 bridgehead atoms. The van der Waals surface area contributed by atoms with Gasteiger partial charge in [0.05, 0.1) is 21.2 Å². The molecule has 13 heteroatoms. The van der Waals surface area contributed by atoms with Crippen LogP contribution in [0.25, 0.3) is 6.08 Å². The van der Waals surface area contributed by atoms with E-state index in [1.165, 1.54) is 36.4 Å². The first-order chi connectivity index (χ1) is 17.5. The molecule has 3 aromatic rings. The topological polar surface area (TPSA) is 119 Å². The lowest BCUT2D eigenvalue weighted by Gasteiger charge is -2.27. The summed E-state index contributed by atoms with van der Waals surface area (Å²) in [7, 11) is 0. The summed E-state index contributed by atoms with van der Waals surface area (Å²) >= 11 is 6.09. The van der Waals surface area contributed by atoms with E-state index in [-0.39, 0.29) is 22.0 Å². The van der Waals surface area contributed by atoms with Gasteiger partial charge in [-0.3, -0.25) is 25.0 Å². The molecule has 0 unspecified atom stereocenters. The number of barbiturate groups is 1. The summed E-state index contributed by atoms with van der Waals surface area (Å²) < 4.78 is 44.3. The number of hydrogen-bond acceptors (Lipinski definition) is 6. The molecule has 0 radical (unpaired) electrons. The van der Waals surface area contributed by atoms with E-state index in [1.54, 1.807) is 12.1 Å². The molecule has 0 saturated carbocycles. The number of halogens is 4. The minimum Gasteiger partial charge on any atom is -0.450 e. The molecule has 37 heavy (non-hydrogen) atoms. The molecule has 1 saturated heterocycles. The number of carbonyl (C=O) groups excluding carboxylic acids is 3. The van der Waals surface area contributed by atoms with E-state index in [0.29, 0.717) is 17.0 Å². The highest BCUT2D eigenvalue weighted by molar-refractivity contribution is 6.42. The van der Waals surface area contributed by atoms with E-state index in [4.69, 9.17) is 16.3 Å². The minimum atomic E-state index is -4.79. The smallest absolute Gasteiger partial charge is 0.416 e. The number of alkyl halides is 3. The minimum absolute atomic E-state index is 0.0279. The molecule has 4 rings (SSSR count). The first-order valence-electron chi connectivity index (χ1n) is 10.3. The molecule has 1 aliphatic heterocycles. The standard InChI is InChI=1S/C24H13ClF3N3O6/c25-17-6-1-2-7-18(17)30-22(33)16(21(32)29-23(30)34)11-13-4-3-5-15(10-13)37-20-9-8-14(24(26,27)28)12-19(20)31(35)36/h1-12H,(H,29,32,34)/b16-11-. The largest absolute Gasteiger partial charge is 0.450 e. The molecular weight excluding hydrogens is 519 g/mol. The van der Waals surface area contributed by atoms with Crippen LogP contribution in [0.15, 0.2) is 72.3 Å². The van der Waals surface area contributed by atoms with Crippen LogP contribution in [0.3, 0.4) is 0 Å². The monoisotopic (exact) mass is 531 g/mol. The molecule has 0 spiro atoms. The van der Waals surface area contributed by atoms with Crippen molar-refractivity contribution in [2.75, 3.05) is 4.90 Å². The fraction of sp³-hybridized carbons (Fsp3) is 0.0417. The quantitative estimate of drug-likeness (QED) is 0.194. The number of para-hydroxylation sites is 1. The van der Waals surface area contributed by atoms with E-state index in [0.717, 1.165) is 12.1 Å². The zero-order valence-corrected chi connectivity index (χ0v) is 19.0. The highest BCUT2D eigenvalue weighted by Gasteiger charge is 2.38.